The normalized spacial score (nSPS) is 15.3. The smallest absolute Gasteiger partial charge is 0.246 e. The van der Waals surface area contributed by atoms with Crippen molar-refractivity contribution in [1.29, 1.82) is 0 Å². The van der Waals surface area contributed by atoms with E-state index in [1.165, 1.54) is 10.5 Å². The lowest BCUT2D eigenvalue weighted by Gasteiger charge is -2.25. The molecule has 1 aliphatic heterocycles. The van der Waals surface area contributed by atoms with Gasteiger partial charge in [0.05, 0.1) is 0 Å². The van der Waals surface area contributed by atoms with Crippen molar-refractivity contribution in [3.8, 4) is 0 Å². The first-order valence-electron chi connectivity index (χ1n) is 6.20. The maximum atomic E-state index is 11.9. The fraction of sp³-hybridized carbons (Fsp3) is 0.357. The van der Waals surface area contributed by atoms with Gasteiger partial charge < -0.3 is 4.90 Å². The molecule has 0 radical (unpaired) electrons. The van der Waals surface area contributed by atoms with Crippen LogP contribution in [0.2, 0.25) is 0 Å². The molecule has 100 valence electrons. The van der Waals surface area contributed by atoms with Crippen LogP contribution in [0, 0.1) is 6.92 Å². The van der Waals surface area contributed by atoms with Crippen LogP contribution in [-0.2, 0) is 20.8 Å². The quantitative estimate of drug-likeness (QED) is 0.801. The van der Waals surface area contributed by atoms with Crippen LogP contribution < -0.4 is 5.32 Å². The summed E-state index contributed by atoms with van der Waals surface area (Å²) >= 11 is 0. The number of nitrogens with one attached hydrogen (secondary N) is 1. The Morgan fingerprint density at radius 2 is 1.74 bits per heavy atom. The van der Waals surface area contributed by atoms with E-state index in [0.717, 1.165) is 5.56 Å². The van der Waals surface area contributed by atoms with Crippen molar-refractivity contribution in [2.45, 2.75) is 19.8 Å². The van der Waals surface area contributed by atoms with E-state index in [1.807, 2.05) is 31.2 Å². The second kappa shape index (κ2) is 5.65. The third-order valence-corrected chi connectivity index (χ3v) is 3.05. The fourth-order valence-electron chi connectivity index (χ4n) is 1.98. The zero-order valence-electron chi connectivity index (χ0n) is 10.8. The van der Waals surface area contributed by atoms with Gasteiger partial charge in [0.15, 0.2) is 0 Å². The second-order valence-electron chi connectivity index (χ2n) is 4.71. The van der Waals surface area contributed by atoms with E-state index in [9.17, 15) is 14.4 Å². The Balaban J connectivity index is 1.88. The number of nitrogens with zero attached hydrogens (tertiary/aromatic N) is 1. The molecular formula is C14H16N2O3. The van der Waals surface area contributed by atoms with Crippen LogP contribution in [0.1, 0.15) is 17.5 Å². The Kier molecular flexibility index (Phi) is 3.94. The molecule has 1 aromatic rings. The second-order valence-corrected chi connectivity index (χ2v) is 4.71. The summed E-state index contributed by atoms with van der Waals surface area (Å²) in [5.41, 5.74) is 2.25. The minimum atomic E-state index is -0.417. The van der Waals surface area contributed by atoms with Gasteiger partial charge in [0, 0.05) is 6.42 Å². The van der Waals surface area contributed by atoms with Gasteiger partial charge in [-0.15, -0.1) is 0 Å². The van der Waals surface area contributed by atoms with E-state index in [2.05, 4.69) is 5.32 Å². The van der Waals surface area contributed by atoms with Crippen molar-refractivity contribution in [2.75, 3.05) is 13.1 Å². The Bertz CT molecular complexity index is 492. The van der Waals surface area contributed by atoms with Crippen LogP contribution in [0.15, 0.2) is 24.3 Å². The van der Waals surface area contributed by atoms with E-state index >= 15 is 0 Å². The van der Waals surface area contributed by atoms with Gasteiger partial charge in [-0.1, -0.05) is 29.8 Å². The van der Waals surface area contributed by atoms with Gasteiger partial charge in [0.1, 0.15) is 13.1 Å². The fourth-order valence-corrected chi connectivity index (χ4v) is 1.98. The van der Waals surface area contributed by atoms with Gasteiger partial charge in [-0.2, -0.15) is 0 Å². The Hall–Kier alpha value is -2.17. The SMILES string of the molecule is Cc1ccc(CCC(=O)N2CC(=O)NC(=O)C2)cc1. The zero-order chi connectivity index (χ0) is 13.8. The number of amides is 3. The zero-order valence-corrected chi connectivity index (χ0v) is 10.8. The number of aryl methyl sites for hydroxylation is 2. The van der Waals surface area contributed by atoms with Crippen LogP contribution in [0.3, 0.4) is 0 Å². The number of hydrogen-bond donors (Lipinski definition) is 1. The van der Waals surface area contributed by atoms with E-state index < -0.39 is 11.8 Å². The Morgan fingerprint density at radius 1 is 1.16 bits per heavy atom. The molecule has 0 aliphatic carbocycles. The van der Waals surface area contributed by atoms with Gasteiger partial charge in [-0.25, -0.2) is 0 Å². The lowest BCUT2D eigenvalue weighted by molar-refractivity contribution is -0.145. The Morgan fingerprint density at radius 3 is 2.32 bits per heavy atom. The average molecular weight is 260 g/mol. The molecule has 0 aromatic heterocycles. The molecule has 0 saturated carbocycles. The van der Waals surface area contributed by atoms with Crippen LogP contribution in [0.5, 0.6) is 0 Å². The van der Waals surface area contributed by atoms with Crippen molar-refractivity contribution >= 4 is 17.7 Å². The van der Waals surface area contributed by atoms with E-state index in [1.54, 1.807) is 0 Å². The van der Waals surface area contributed by atoms with Crippen LogP contribution in [0.4, 0.5) is 0 Å². The number of piperazine rings is 1. The number of carbonyl (C=O) groups is 3. The molecule has 0 atom stereocenters. The van der Waals surface area contributed by atoms with Crippen LogP contribution >= 0.6 is 0 Å². The first-order valence-corrected chi connectivity index (χ1v) is 6.20. The average Bonchev–Trinajstić information content (AvgIpc) is 2.36. The third-order valence-electron chi connectivity index (χ3n) is 3.05. The van der Waals surface area contributed by atoms with E-state index in [-0.39, 0.29) is 19.0 Å². The molecule has 1 aromatic carbocycles. The standard InChI is InChI=1S/C14H16N2O3/c1-10-2-4-11(5-3-10)6-7-14(19)16-8-12(17)15-13(18)9-16/h2-5H,6-9H2,1H3,(H,15,17,18). The third kappa shape index (κ3) is 3.64. The molecule has 5 nitrogen and oxygen atoms in total. The molecule has 5 heteroatoms. The minimum Gasteiger partial charge on any atom is -0.324 e. The highest BCUT2D eigenvalue weighted by Crippen LogP contribution is 2.08. The van der Waals surface area contributed by atoms with E-state index in [4.69, 9.17) is 0 Å². The molecule has 1 heterocycles. The summed E-state index contributed by atoms with van der Waals surface area (Å²) in [7, 11) is 0. The first-order chi connectivity index (χ1) is 9.04. The van der Waals surface area contributed by atoms with Crippen molar-refractivity contribution in [3.05, 3.63) is 35.4 Å². The number of hydrogen-bond acceptors (Lipinski definition) is 3. The first kappa shape index (κ1) is 13.3. The molecule has 0 unspecified atom stereocenters. The highest BCUT2D eigenvalue weighted by Gasteiger charge is 2.25. The summed E-state index contributed by atoms with van der Waals surface area (Å²) in [6, 6.07) is 7.96. The highest BCUT2D eigenvalue weighted by atomic mass is 16.2. The molecule has 1 fully saturated rings. The van der Waals surface area contributed by atoms with Gasteiger partial charge in [-0.3, -0.25) is 19.7 Å². The van der Waals surface area contributed by atoms with Crippen LogP contribution in [-0.4, -0.2) is 35.7 Å². The lowest BCUT2D eigenvalue weighted by atomic mass is 10.1. The lowest BCUT2D eigenvalue weighted by Crippen LogP contribution is -2.53. The largest absolute Gasteiger partial charge is 0.324 e. The molecular weight excluding hydrogens is 244 g/mol. The van der Waals surface area contributed by atoms with Crippen molar-refractivity contribution < 1.29 is 14.4 Å². The summed E-state index contributed by atoms with van der Waals surface area (Å²) in [5.74, 6) is -0.997. The number of benzene rings is 1. The topological polar surface area (TPSA) is 66.5 Å². The van der Waals surface area contributed by atoms with Gasteiger partial charge in [0.2, 0.25) is 17.7 Å². The van der Waals surface area contributed by atoms with Gasteiger partial charge >= 0.3 is 0 Å². The molecule has 1 saturated heterocycles. The minimum absolute atomic E-state index is 0.0293. The number of imide groups is 1. The summed E-state index contributed by atoms with van der Waals surface area (Å²) in [4.78, 5) is 35.6. The van der Waals surface area contributed by atoms with Gasteiger partial charge in [0.25, 0.3) is 0 Å². The maximum Gasteiger partial charge on any atom is 0.246 e. The molecule has 1 aliphatic rings. The van der Waals surface area contributed by atoms with Crippen LogP contribution in [0.25, 0.3) is 0 Å². The predicted octanol–water partition coefficient (Wildman–Crippen LogP) is 0.413. The molecule has 0 bridgehead atoms. The monoisotopic (exact) mass is 260 g/mol. The van der Waals surface area contributed by atoms with Crippen molar-refractivity contribution in [3.63, 3.8) is 0 Å². The van der Waals surface area contributed by atoms with E-state index in [0.29, 0.717) is 12.8 Å². The number of rotatable bonds is 3. The Labute approximate surface area is 111 Å². The number of carbonyl (C=O) groups excluding carboxylic acids is 3. The highest BCUT2D eigenvalue weighted by molar-refractivity contribution is 6.02. The van der Waals surface area contributed by atoms with Crippen molar-refractivity contribution in [1.82, 2.24) is 10.2 Å². The summed E-state index contributed by atoms with van der Waals surface area (Å²) in [6.07, 6.45) is 0.926. The van der Waals surface area contributed by atoms with Crippen molar-refractivity contribution in [2.24, 2.45) is 0 Å². The summed E-state index contributed by atoms with van der Waals surface area (Å²) < 4.78 is 0. The summed E-state index contributed by atoms with van der Waals surface area (Å²) in [5, 5.41) is 2.17. The molecule has 0 spiro atoms. The molecule has 19 heavy (non-hydrogen) atoms. The molecule has 2 rings (SSSR count). The van der Waals surface area contributed by atoms with Gasteiger partial charge in [-0.05, 0) is 18.9 Å². The molecule has 1 N–H and O–H groups in total. The molecule has 3 amide bonds. The maximum absolute atomic E-state index is 11.9. The predicted molar refractivity (Wildman–Crippen MR) is 69.2 cm³/mol. The summed E-state index contributed by atoms with van der Waals surface area (Å²) in [6.45, 7) is 1.95.